The van der Waals surface area contributed by atoms with Crippen molar-refractivity contribution in [2.24, 2.45) is 0 Å². The Morgan fingerprint density at radius 2 is 2.05 bits per heavy atom. The van der Waals surface area contributed by atoms with Crippen LogP contribution in [0.25, 0.3) is 0 Å². The molecule has 1 aromatic carbocycles. The zero-order valence-electron chi connectivity index (χ0n) is 12.6. The average molecular weight is 272 g/mol. The minimum atomic E-state index is 0.293. The molecule has 4 heteroatoms. The van der Waals surface area contributed by atoms with Gasteiger partial charge in [-0.25, -0.2) is 4.98 Å². The topological polar surface area (TPSA) is 42.7 Å². The third-order valence-corrected chi connectivity index (χ3v) is 3.53. The van der Waals surface area contributed by atoms with E-state index in [9.17, 15) is 0 Å². The first kappa shape index (κ1) is 14.7. The zero-order chi connectivity index (χ0) is 14.4. The number of rotatable bonds is 7. The van der Waals surface area contributed by atoms with E-state index in [2.05, 4.69) is 60.4 Å². The van der Waals surface area contributed by atoms with E-state index in [-0.39, 0.29) is 0 Å². The molecule has 4 nitrogen and oxygen atoms in total. The first-order chi connectivity index (χ1) is 9.76. The number of benzene rings is 1. The number of hydrogen-bond acceptors (Lipinski definition) is 3. The smallest absolute Gasteiger partial charge is 0.138 e. The summed E-state index contributed by atoms with van der Waals surface area (Å²) in [6.45, 7) is 8.34. The highest BCUT2D eigenvalue weighted by Crippen LogP contribution is 2.20. The zero-order valence-corrected chi connectivity index (χ0v) is 12.6. The minimum absolute atomic E-state index is 0.293. The molecule has 1 unspecified atom stereocenters. The van der Waals surface area contributed by atoms with E-state index in [0.29, 0.717) is 6.04 Å². The normalized spacial score (nSPS) is 12.6. The molecular weight excluding hydrogens is 248 g/mol. The van der Waals surface area contributed by atoms with Crippen molar-refractivity contribution in [2.75, 3.05) is 6.54 Å². The van der Waals surface area contributed by atoms with Crippen molar-refractivity contribution >= 4 is 0 Å². The fraction of sp³-hybridized carbons (Fsp3) is 0.500. The Hall–Kier alpha value is -1.68. The van der Waals surface area contributed by atoms with Crippen LogP contribution in [-0.2, 0) is 13.0 Å². The summed E-state index contributed by atoms with van der Waals surface area (Å²) >= 11 is 0. The van der Waals surface area contributed by atoms with Gasteiger partial charge in [-0.2, -0.15) is 5.10 Å². The lowest BCUT2D eigenvalue weighted by molar-refractivity contribution is 0.497. The van der Waals surface area contributed by atoms with Crippen LogP contribution in [0.4, 0.5) is 0 Å². The molecule has 0 aliphatic carbocycles. The molecule has 0 fully saturated rings. The molecule has 0 spiro atoms. The fourth-order valence-electron chi connectivity index (χ4n) is 2.54. The van der Waals surface area contributed by atoms with E-state index in [1.807, 2.05) is 4.68 Å². The van der Waals surface area contributed by atoms with Crippen molar-refractivity contribution in [3.63, 3.8) is 0 Å². The maximum Gasteiger partial charge on any atom is 0.138 e. The van der Waals surface area contributed by atoms with Crippen LogP contribution in [0.15, 0.2) is 30.6 Å². The molecule has 1 aromatic heterocycles. The fourth-order valence-corrected chi connectivity index (χ4v) is 2.54. The van der Waals surface area contributed by atoms with E-state index >= 15 is 0 Å². The van der Waals surface area contributed by atoms with Crippen LogP contribution < -0.4 is 5.32 Å². The van der Waals surface area contributed by atoms with Crippen LogP contribution in [-0.4, -0.2) is 21.3 Å². The van der Waals surface area contributed by atoms with Crippen LogP contribution in [0.5, 0.6) is 0 Å². The van der Waals surface area contributed by atoms with Crippen LogP contribution in [0, 0.1) is 6.92 Å². The highest BCUT2D eigenvalue weighted by molar-refractivity contribution is 5.29. The maximum absolute atomic E-state index is 4.42. The number of aromatic nitrogens is 3. The maximum atomic E-state index is 4.42. The van der Waals surface area contributed by atoms with Crippen LogP contribution in [0.2, 0.25) is 0 Å². The third kappa shape index (κ3) is 3.45. The third-order valence-electron chi connectivity index (χ3n) is 3.53. The number of aryl methyl sites for hydroxylation is 2. The summed E-state index contributed by atoms with van der Waals surface area (Å²) in [7, 11) is 0. The van der Waals surface area contributed by atoms with Gasteiger partial charge in [-0.1, -0.05) is 38.1 Å². The predicted octanol–water partition coefficient (Wildman–Crippen LogP) is 2.89. The Bertz CT molecular complexity index is 533. The molecule has 1 atom stereocenters. The predicted molar refractivity (Wildman–Crippen MR) is 81.6 cm³/mol. The van der Waals surface area contributed by atoms with Gasteiger partial charge in [0.25, 0.3) is 0 Å². The molecule has 0 amide bonds. The van der Waals surface area contributed by atoms with Gasteiger partial charge in [0.15, 0.2) is 0 Å². The monoisotopic (exact) mass is 272 g/mol. The molecule has 0 aliphatic heterocycles. The first-order valence-corrected chi connectivity index (χ1v) is 7.41. The number of nitrogens with one attached hydrogen (secondary N) is 1. The average Bonchev–Trinajstić information content (AvgIpc) is 2.87. The van der Waals surface area contributed by atoms with Crippen molar-refractivity contribution in [1.82, 2.24) is 20.1 Å². The molecule has 20 heavy (non-hydrogen) atoms. The van der Waals surface area contributed by atoms with Gasteiger partial charge in [-0.15, -0.1) is 0 Å². The summed E-state index contributed by atoms with van der Waals surface area (Å²) < 4.78 is 2.02. The molecule has 0 saturated heterocycles. The molecular formula is C16H24N4. The summed E-state index contributed by atoms with van der Waals surface area (Å²) in [5.74, 6) is 1.06. The standard InChI is InChI=1S/C16H24N4/c1-4-10-20-16(18-12-19-20)11-15(17-5-2)14-9-7-6-8-13(14)3/h6-9,12,15,17H,4-5,10-11H2,1-3H3. The van der Waals surface area contributed by atoms with E-state index in [4.69, 9.17) is 0 Å². The number of hydrogen-bond donors (Lipinski definition) is 1. The summed E-state index contributed by atoms with van der Waals surface area (Å²) in [5.41, 5.74) is 2.67. The highest BCUT2D eigenvalue weighted by Gasteiger charge is 2.16. The second-order valence-electron chi connectivity index (χ2n) is 5.07. The lowest BCUT2D eigenvalue weighted by Gasteiger charge is -2.20. The molecule has 2 rings (SSSR count). The van der Waals surface area contributed by atoms with Gasteiger partial charge < -0.3 is 5.32 Å². The van der Waals surface area contributed by atoms with Gasteiger partial charge in [-0.05, 0) is 31.0 Å². The number of likely N-dealkylation sites (N-methyl/N-ethyl adjacent to an activating group) is 1. The Labute approximate surface area is 121 Å². The van der Waals surface area contributed by atoms with Crippen molar-refractivity contribution in [3.05, 3.63) is 47.5 Å². The summed E-state index contributed by atoms with van der Waals surface area (Å²) in [6, 6.07) is 8.84. The van der Waals surface area contributed by atoms with Gasteiger partial charge in [-0.3, -0.25) is 4.68 Å². The van der Waals surface area contributed by atoms with Gasteiger partial charge >= 0.3 is 0 Å². The van der Waals surface area contributed by atoms with Gasteiger partial charge in [0.05, 0.1) is 0 Å². The SMILES string of the molecule is CCCn1ncnc1CC(NCC)c1ccccc1C. The van der Waals surface area contributed by atoms with E-state index < -0.39 is 0 Å². The largest absolute Gasteiger partial charge is 0.310 e. The van der Waals surface area contributed by atoms with Crippen molar-refractivity contribution in [1.29, 1.82) is 0 Å². The van der Waals surface area contributed by atoms with Crippen LogP contribution in [0.1, 0.15) is 43.3 Å². The minimum Gasteiger partial charge on any atom is -0.310 e. The second-order valence-corrected chi connectivity index (χ2v) is 5.07. The summed E-state index contributed by atoms with van der Waals surface area (Å²) in [6.07, 6.45) is 3.61. The van der Waals surface area contributed by atoms with Gasteiger partial charge in [0.2, 0.25) is 0 Å². The molecule has 108 valence electrons. The molecule has 0 radical (unpaired) electrons. The quantitative estimate of drug-likeness (QED) is 0.842. The van der Waals surface area contributed by atoms with Crippen LogP contribution in [0.3, 0.4) is 0 Å². The molecule has 0 aliphatic rings. The van der Waals surface area contributed by atoms with Crippen molar-refractivity contribution < 1.29 is 0 Å². The molecule has 1 N–H and O–H groups in total. The van der Waals surface area contributed by atoms with Gasteiger partial charge in [0.1, 0.15) is 12.2 Å². The molecule has 0 bridgehead atoms. The highest BCUT2D eigenvalue weighted by atomic mass is 15.3. The molecule has 1 heterocycles. The second kappa shape index (κ2) is 7.20. The molecule has 2 aromatic rings. The van der Waals surface area contributed by atoms with Crippen molar-refractivity contribution in [2.45, 2.75) is 46.2 Å². The molecule has 0 saturated carbocycles. The van der Waals surface area contributed by atoms with Crippen molar-refractivity contribution in [3.8, 4) is 0 Å². The van der Waals surface area contributed by atoms with Crippen LogP contribution >= 0.6 is 0 Å². The lowest BCUT2D eigenvalue weighted by atomic mass is 9.98. The first-order valence-electron chi connectivity index (χ1n) is 7.41. The number of nitrogens with zero attached hydrogens (tertiary/aromatic N) is 3. The summed E-state index contributed by atoms with van der Waals surface area (Å²) in [4.78, 5) is 4.42. The Morgan fingerprint density at radius 3 is 2.75 bits per heavy atom. The Balaban J connectivity index is 2.21. The van der Waals surface area contributed by atoms with E-state index in [1.54, 1.807) is 6.33 Å². The summed E-state index contributed by atoms with van der Waals surface area (Å²) in [5, 5.41) is 7.88. The van der Waals surface area contributed by atoms with Gasteiger partial charge in [0, 0.05) is 19.0 Å². The van der Waals surface area contributed by atoms with E-state index in [0.717, 1.165) is 31.8 Å². The lowest BCUT2D eigenvalue weighted by Crippen LogP contribution is -2.25. The van der Waals surface area contributed by atoms with E-state index in [1.165, 1.54) is 11.1 Å². The Morgan fingerprint density at radius 1 is 1.25 bits per heavy atom. The Kier molecular flexibility index (Phi) is 5.30.